The predicted octanol–water partition coefficient (Wildman–Crippen LogP) is 3.88. The molecular weight excluding hydrogens is 355 g/mol. The number of nitrogens with zero attached hydrogens (tertiary/aromatic N) is 1. The first-order valence-electron chi connectivity index (χ1n) is 9.53. The van der Waals surface area contributed by atoms with Crippen molar-refractivity contribution in [2.45, 2.75) is 32.7 Å². The Morgan fingerprint density at radius 3 is 2.39 bits per heavy atom. The largest absolute Gasteiger partial charge is 0.349 e. The molecule has 1 aliphatic heterocycles. The predicted molar refractivity (Wildman–Crippen MR) is 108 cm³/mol. The molecule has 4 nitrogen and oxygen atoms in total. The van der Waals surface area contributed by atoms with Crippen molar-refractivity contribution in [3.8, 4) is 0 Å². The van der Waals surface area contributed by atoms with Crippen molar-refractivity contribution in [2.24, 2.45) is 0 Å². The Kier molecular flexibility index (Phi) is 6.24. The Balaban J connectivity index is 1.50. The fourth-order valence-corrected chi connectivity index (χ4v) is 3.39. The van der Waals surface area contributed by atoms with Gasteiger partial charge in [0.1, 0.15) is 5.82 Å². The number of carbonyl (C=O) groups excluding carboxylic acids is 2. The molecule has 1 N–H and O–H groups in total. The highest BCUT2D eigenvalue weighted by molar-refractivity contribution is 5.94. The van der Waals surface area contributed by atoms with Crippen molar-refractivity contribution in [2.75, 3.05) is 13.1 Å². The number of hydrogen-bond acceptors (Lipinski definition) is 2. The van der Waals surface area contributed by atoms with E-state index in [9.17, 15) is 14.0 Å². The number of halogens is 1. The summed E-state index contributed by atoms with van der Waals surface area (Å²) in [6, 6.07) is 11.7. The first-order chi connectivity index (χ1) is 13.4. The molecule has 1 fully saturated rings. The van der Waals surface area contributed by atoms with Gasteiger partial charge in [-0.3, -0.25) is 9.59 Å². The molecule has 2 amide bonds. The number of nitrogens with one attached hydrogen (secondary N) is 1. The van der Waals surface area contributed by atoms with Gasteiger partial charge in [-0.05, 0) is 68.2 Å². The van der Waals surface area contributed by atoms with Crippen LogP contribution in [-0.2, 0) is 4.79 Å². The maximum atomic E-state index is 13.0. The first-order valence-corrected chi connectivity index (χ1v) is 9.53. The third-order valence-corrected chi connectivity index (χ3v) is 5.08. The molecule has 1 aliphatic rings. The van der Waals surface area contributed by atoms with Gasteiger partial charge in [-0.25, -0.2) is 4.39 Å². The standard InChI is InChI=1S/C23H25FN2O2/c1-16-3-4-18(17(2)15-16)7-10-22(27)26-13-11-21(12-14-26)25-23(28)19-5-8-20(24)9-6-19/h3-10,15,21H,11-14H2,1-2H3,(H,25,28)/b10-7+. The van der Waals surface area contributed by atoms with Crippen LogP contribution in [0.25, 0.3) is 6.08 Å². The van der Waals surface area contributed by atoms with E-state index in [-0.39, 0.29) is 23.7 Å². The van der Waals surface area contributed by atoms with Crippen LogP contribution < -0.4 is 5.32 Å². The molecule has 0 saturated carbocycles. The summed E-state index contributed by atoms with van der Waals surface area (Å²) in [6.45, 7) is 5.28. The Labute approximate surface area is 165 Å². The zero-order chi connectivity index (χ0) is 20.1. The van der Waals surface area contributed by atoms with Crippen molar-refractivity contribution in [3.63, 3.8) is 0 Å². The van der Waals surface area contributed by atoms with Crippen molar-refractivity contribution in [1.82, 2.24) is 10.2 Å². The summed E-state index contributed by atoms with van der Waals surface area (Å²) in [4.78, 5) is 26.5. The van der Waals surface area contributed by atoms with Gasteiger partial charge in [-0.2, -0.15) is 0 Å². The second kappa shape index (κ2) is 8.83. The summed E-state index contributed by atoms with van der Waals surface area (Å²) in [5.41, 5.74) is 3.83. The molecule has 2 aromatic rings. The molecule has 0 atom stereocenters. The molecular formula is C23H25FN2O2. The zero-order valence-corrected chi connectivity index (χ0v) is 16.2. The number of aryl methyl sites for hydroxylation is 2. The van der Waals surface area contributed by atoms with Gasteiger partial charge in [0.25, 0.3) is 5.91 Å². The fraction of sp³-hybridized carbons (Fsp3) is 0.304. The summed E-state index contributed by atoms with van der Waals surface area (Å²) >= 11 is 0. The number of rotatable bonds is 4. The molecule has 0 spiro atoms. The van der Waals surface area contributed by atoms with E-state index in [4.69, 9.17) is 0 Å². The van der Waals surface area contributed by atoms with Gasteiger partial charge in [0.2, 0.25) is 5.91 Å². The van der Waals surface area contributed by atoms with Crippen molar-refractivity contribution < 1.29 is 14.0 Å². The summed E-state index contributed by atoms with van der Waals surface area (Å²) < 4.78 is 13.0. The molecule has 0 aliphatic carbocycles. The van der Waals surface area contributed by atoms with Crippen molar-refractivity contribution in [1.29, 1.82) is 0 Å². The summed E-state index contributed by atoms with van der Waals surface area (Å²) in [5, 5.41) is 2.97. The number of amides is 2. The van der Waals surface area contributed by atoms with Crippen molar-refractivity contribution >= 4 is 17.9 Å². The lowest BCUT2D eigenvalue weighted by Gasteiger charge is -2.31. The fourth-order valence-electron chi connectivity index (χ4n) is 3.39. The van der Waals surface area contributed by atoms with Gasteiger partial charge in [-0.1, -0.05) is 23.8 Å². The highest BCUT2D eigenvalue weighted by Gasteiger charge is 2.23. The second-order valence-electron chi connectivity index (χ2n) is 7.27. The van der Waals surface area contributed by atoms with Crippen LogP contribution in [-0.4, -0.2) is 35.8 Å². The molecule has 5 heteroatoms. The number of piperidine rings is 1. The van der Waals surface area contributed by atoms with E-state index in [0.717, 1.165) is 11.1 Å². The highest BCUT2D eigenvalue weighted by atomic mass is 19.1. The van der Waals surface area contributed by atoms with Crippen LogP contribution in [0, 0.1) is 19.7 Å². The molecule has 0 aromatic heterocycles. The average molecular weight is 380 g/mol. The number of hydrogen-bond donors (Lipinski definition) is 1. The molecule has 28 heavy (non-hydrogen) atoms. The first kappa shape index (κ1) is 19.8. The smallest absolute Gasteiger partial charge is 0.251 e. The minimum Gasteiger partial charge on any atom is -0.349 e. The van der Waals surface area contributed by atoms with Gasteiger partial charge < -0.3 is 10.2 Å². The Morgan fingerprint density at radius 1 is 1.07 bits per heavy atom. The van der Waals surface area contributed by atoms with Crippen LogP contribution in [0.3, 0.4) is 0 Å². The van der Waals surface area contributed by atoms with Crippen LogP contribution in [0.4, 0.5) is 4.39 Å². The number of likely N-dealkylation sites (tertiary alicyclic amines) is 1. The summed E-state index contributed by atoms with van der Waals surface area (Å²) in [5.74, 6) is -0.583. The third kappa shape index (κ3) is 5.06. The number of benzene rings is 2. The normalized spacial score (nSPS) is 15.0. The van der Waals surface area contributed by atoms with Crippen molar-refractivity contribution in [3.05, 3.63) is 76.6 Å². The Bertz CT molecular complexity index is 882. The van der Waals surface area contributed by atoms with Crippen LogP contribution >= 0.6 is 0 Å². The van der Waals surface area contributed by atoms with E-state index in [2.05, 4.69) is 11.4 Å². The number of carbonyl (C=O) groups is 2. The topological polar surface area (TPSA) is 49.4 Å². The highest BCUT2D eigenvalue weighted by Crippen LogP contribution is 2.15. The lowest BCUT2D eigenvalue weighted by Crippen LogP contribution is -2.46. The van der Waals surface area contributed by atoms with Gasteiger partial charge >= 0.3 is 0 Å². The lowest BCUT2D eigenvalue weighted by atomic mass is 10.0. The van der Waals surface area contributed by atoms with Crippen LogP contribution in [0.2, 0.25) is 0 Å². The lowest BCUT2D eigenvalue weighted by molar-refractivity contribution is -0.126. The van der Waals surface area contributed by atoms with Crippen LogP contribution in [0.15, 0.2) is 48.5 Å². The van der Waals surface area contributed by atoms with E-state index in [1.165, 1.54) is 29.8 Å². The zero-order valence-electron chi connectivity index (χ0n) is 16.2. The Morgan fingerprint density at radius 2 is 1.75 bits per heavy atom. The van der Waals surface area contributed by atoms with E-state index in [0.29, 0.717) is 31.5 Å². The molecule has 1 saturated heterocycles. The molecule has 0 radical (unpaired) electrons. The van der Waals surface area contributed by atoms with E-state index in [1.54, 1.807) is 11.0 Å². The van der Waals surface area contributed by atoms with E-state index in [1.807, 2.05) is 32.1 Å². The third-order valence-electron chi connectivity index (χ3n) is 5.08. The summed E-state index contributed by atoms with van der Waals surface area (Å²) in [7, 11) is 0. The molecule has 1 heterocycles. The SMILES string of the molecule is Cc1ccc(/C=C/C(=O)N2CCC(NC(=O)c3ccc(F)cc3)CC2)c(C)c1. The monoisotopic (exact) mass is 380 g/mol. The molecule has 2 aromatic carbocycles. The maximum absolute atomic E-state index is 13.0. The minimum atomic E-state index is -0.364. The van der Waals surface area contributed by atoms with Gasteiger partial charge in [-0.15, -0.1) is 0 Å². The second-order valence-corrected chi connectivity index (χ2v) is 7.27. The quantitative estimate of drug-likeness (QED) is 0.819. The average Bonchev–Trinajstić information content (AvgIpc) is 2.68. The molecule has 146 valence electrons. The van der Waals surface area contributed by atoms with Gasteiger partial charge in [0, 0.05) is 30.8 Å². The van der Waals surface area contributed by atoms with Crippen LogP contribution in [0.5, 0.6) is 0 Å². The van der Waals surface area contributed by atoms with Gasteiger partial charge in [0.05, 0.1) is 0 Å². The van der Waals surface area contributed by atoms with Gasteiger partial charge in [0.15, 0.2) is 0 Å². The van der Waals surface area contributed by atoms with E-state index >= 15 is 0 Å². The minimum absolute atomic E-state index is 0.0108. The van der Waals surface area contributed by atoms with E-state index < -0.39 is 0 Å². The Hall–Kier alpha value is -2.95. The molecule has 3 rings (SSSR count). The maximum Gasteiger partial charge on any atom is 0.251 e. The molecule has 0 bridgehead atoms. The molecule has 0 unspecified atom stereocenters. The van der Waals surface area contributed by atoms with Crippen LogP contribution in [0.1, 0.15) is 39.9 Å². The summed E-state index contributed by atoms with van der Waals surface area (Å²) in [6.07, 6.45) is 4.89.